The number of ether oxygens (including phenoxy) is 1. The molecule has 1 fully saturated rings. The lowest BCUT2D eigenvalue weighted by Gasteiger charge is -2.30. The molecule has 2 amide bonds. The van der Waals surface area contributed by atoms with Gasteiger partial charge in [0.05, 0.1) is 18.9 Å². The van der Waals surface area contributed by atoms with Crippen LogP contribution in [0.1, 0.15) is 27.0 Å². The van der Waals surface area contributed by atoms with Crippen molar-refractivity contribution < 1.29 is 14.3 Å². The van der Waals surface area contributed by atoms with E-state index < -0.39 is 0 Å². The first-order chi connectivity index (χ1) is 20.3. The molecule has 8 nitrogen and oxygen atoms in total. The minimum Gasteiger partial charge on any atom is -0.379 e. The molecule has 0 spiro atoms. The van der Waals surface area contributed by atoms with Crippen molar-refractivity contribution in [2.45, 2.75) is 20.8 Å². The number of morpholine rings is 1. The van der Waals surface area contributed by atoms with Crippen LogP contribution < -0.4 is 5.32 Å². The molecule has 2 heterocycles. The predicted molar refractivity (Wildman–Crippen MR) is 166 cm³/mol. The van der Waals surface area contributed by atoms with Gasteiger partial charge in [0.2, 0.25) is 11.9 Å². The molecule has 4 aromatic rings. The van der Waals surface area contributed by atoms with Crippen LogP contribution in [-0.4, -0.2) is 77.1 Å². The van der Waals surface area contributed by atoms with E-state index in [2.05, 4.69) is 30.1 Å². The number of hydrogen-bond acceptors (Lipinski definition) is 5. The summed E-state index contributed by atoms with van der Waals surface area (Å²) in [5.74, 6) is -0.113. The van der Waals surface area contributed by atoms with Gasteiger partial charge in [-0.1, -0.05) is 48.0 Å². The summed E-state index contributed by atoms with van der Waals surface area (Å²) >= 11 is 6.11. The van der Waals surface area contributed by atoms with Crippen molar-refractivity contribution in [2.24, 2.45) is 0 Å². The van der Waals surface area contributed by atoms with Crippen molar-refractivity contribution in [3.63, 3.8) is 0 Å². The van der Waals surface area contributed by atoms with Gasteiger partial charge in [-0.25, -0.2) is 4.98 Å². The zero-order chi connectivity index (χ0) is 29.6. The second-order valence-electron chi connectivity index (χ2n) is 10.6. The minimum absolute atomic E-state index is 0.104. The Bertz CT molecular complexity index is 1560. The zero-order valence-corrected chi connectivity index (χ0v) is 25.0. The number of nitrogens with one attached hydrogen (secondary N) is 1. The van der Waals surface area contributed by atoms with Gasteiger partial charge < -0.3 is 9.64 Å². The average molecular weight is 586 g/mol. The van der Waals surface area contributed by atoms with Crippen molar-refractivity contribution in [1.82, 2.24) is 19.4 Å². The summed E-state index contributed by atoms with van der Waals surface area (Å²) in [5, 5.41) is 3.63. The number of imidazole rings is 1. The number of amides is 2. The normalized spacial score (nSPS) is 13.6. The molecule has 1 aliphatic rings. The first-order valence-electron chi connectivity index (χ1n) is 14.2. The fourth-order valence-electron chi connectivity index (χ4n) is 4.96. The fraction of sp³-hybridized carbons (Fsp3) is 0.303. The molecule has 0 unspecified atom stereocenters. The molecule has 42 heavy (non-hydrogen) atoms. The Morgan fingerprint density at radius 1 is 0.952 bits per heavy atom. The SMILES string of the molecule is Cc1ccc(-n2cc(-c3ccc(Cl)cc3)nc2NC(=O)CN(CCN2CCOCC2)C(=O)c2ccccc2C)cc1C. The topological polar surface area (TPSA) is 79.7 Å². The molecule has 5 rings (SSSR count). The molecule has 3 aromatic carbocycles. The van der Waals surface area contributed by atoms with Crippen LogP contribution in [0.25, 0.3) is 16.9 Å². The van der Waals surface area contributed by atoms with Gasteiger partial charge in [-0.15, -0.1) is 0 Å². The number of anilines is 1. The smallest absolute Gasteiger partial charge is 0.254 e. The second-order valence-corrected chi connectivity index (χ2v) is 11.1. The molecule has 1 aromatic heterocycles. The highest BCUT2D eigenvalue weighted by atomic mass is 35.5. The highest BCUT2D eigenvalue weighted by Crippen LogP contribution is 2.26. The van der Waals surface area contributed by atoms with Gasteiger partial charge >= 0.3 is 0 Å². The van der Waals surface area contributed by atoms with Gasteiger partial charge in [-0.2, -0.15) is 0 Å². The molecule has 0 aliphatic carbocycles. The third kappa shape index (κ3) is 7.07. The third-order valence-corrected chi connectivity index (χ3v) is 7.90. The Kier molecular flexibility index (Phi) is 9.37. The predicted octanol–water partition coefficient (Wildman–Crippen LogP) is 5.53. The Labute approximate surface area is 251 Å². The summed E-state index contributed by atoms with van der Waals surface area (Å²) in [6, 6.07) is 21.0. The fourth-order valence-corrected chi connectivity index (χ4v) is 5.09. The number of aryl methyl sites for hydroxylation is 3. The number of aromatic nitrogens is 2. The Morgan fingerprint density at radius 3 is 2.40 bits per heavy atom. The van der Waals surface area contributed by atoms with E-state index in [1.807, 2.05) is 78.4 Å². The summed E-state index contributed by atoms with van der Waals surface area (Å²) in [6.45, 7) is 9.95. The lowest BCUT2D eigenvalue weighted by atomic mass is 10.1. The van der Waals surface area contributed by atoms with Crippen LogP contribution >= 0.6 is 11.6 Å². The first-order valence-corrected chi connectivity index (χ1v) is 14.5. The second kappa shape index (κ2) is 13.3. The van der Waals surface area contributed by atoms with Crippen LogP contribution in [0, 0.1) is 20.8 Å². The Morgan fingerprint density at radius 2 is 1.69 bits per heavy atom. The van der Waals surface area contributed by atoms with Gasteiger partial charge in [-0.3, -0.25) is 24.4 Å². The number of hydrogen-bond donors (Lipinski definition) is 1. The lowest BCUT2D eigenvalue weighted by molar-refractivity contribution is -0.117. The molecule has 9 heteroatoms. The Balaban J connectivity index is 1.41. The van der Waals surface area contributed by atoms with Crippen LogP contribution in [0.4, 0.5) is 5.95 Å². The molecule has 1 aliphatic heterocycles. The van der Waals surface area contributed by atoms with Gasteiger partial charge in [0.25, 0.3) is 5.91 Å². The van der Waals surface area contributed by atoms with E-state index in [0.29, 0.717) is 48.5 Å². The average Bonchev–Trinajstić information content (AvgIpc) is 3.41. The summed E-state index contributed by atoms with van der Waals surface area (Å²) in [6.07, 6.45) is 1.90. The van der Waals surface area contributed by atoms with Crippen molar-refractivity contribution in [3.8, 4) is 16.9 Å². The highest BCUT2D eigenvalue weighted by Gasteiger charge is 2.23. The monoisotopic (exact) mass is 585 g/mol. The molecule has 0 bridgehead atoms. The summed E-state index contributed by atoms with van der Waals surface area (Å²) < 4.78 is 7.34. The number of nitrogens with zero attached hydrogens (tertiary/aromatic N) is 4. The van der Waals surface area contributed by atoms with E-state index in [1.54, 1.807) is 4.90 Å². The Hall–Kier alpha value is -3.98. The maximum Gasteiger partial charge on any atom is 0.254 e. The largest absolute Gasteiger partial charge is 0.379 e. The molecule has 0 saturated carbocycles. The van der Waals surface area contributed by atoms with Crippen LogP contribution in [0.2, 0.25) is 5.02 Å². The molecular formula is C33H36ClN5O3. The number of rotatable bonds is 9. The van der Waals surface area contributed by atoms with Crippen molar-refractivity contribution in [2.75, 3.05) is 51.3 Å². The van der Waals surface area contributed by atoms with Crippen LogP contribution in [0.3, 0.4) is 0 Å². The van der Waals surface area contributed by atoms with Crippen LogP contribution in [0.5, 0.6) is 0 Å². The van der Waals surface area contributed by atoms with Crippen LogP contribution in [-0.2, 0) is 9.53 Å². The van der Waals surface area contributed by atoms with Crippen molar-refractivity contribution in [1.29, 1.82) is 0 Å². The minimum atomic E-state index is -0.322. The molecule has 0 atom stereocenters. The van der Waals surface area contributed by atoms with E-state index in [0.717, 1.165) is 35.5 Å². The standard InChI is InChI=1S/C33H36ClN5O3/c1-23-8-13-28(20-25(23)3)39-21-30(26-9-11-27(34)12-10-26)35-33(39)36-31(40)22-38(15-14-37-16-18-42-19-17-37)32(41)29-7-5-4-6-24(29)2/h4-13,20-21H,14-19,22H2,1-3H3,(H,35,36,40). The maximum absolute atomic E-state index is 13.7. The van der Waals surface area contributed by atoms with Crippen molar-refractivity contribution in [3.05, 3.63) is 100 Å². The number of carbonyl (C=O) groups excluding carboxylic acids is 2. The lowest BCUT2D eigenvalue weighted by Crippen LogP contribution is -2.45. The van der Waals surface area contributed by atoms with Gasteiger partial charge in [0, 0.05) is 54.2 Å². The van der Waals surface area contributed by atoms with E-state index in [9.17, 15) is 9.59 Å². The zero-order valence-electron chi connectivity index (χ0n) is 24.3. The van der Waals surface area contributed by atoms with Crippen molar-refractivity contribution >= 4 is 29.4 Å². The van der Waals surface area contributed by atoms with Gasteiger partial charge in [0.1, 0.15) is 6.54 Å². The summed E-state index contributed by atoms with van der Waals surface area (Å²) in [7, 11) is 0. The molecule has 218 valence electrons. The van der Waals surface area contributed by atoms with E-state index in [4.69, 9.17) is 21.3 Å². The quantitative estimate of drug-likeness (QED) is 0.279. The van der Waals surface area contributed by atoms with Crippen LogP contribution in [0.15, 0.2) is 72.9 Å². The van der Waals surface area contributed by atoms with Gasteiger partial charge in [-0.05, 0) is 67.8 Å². The third-order valence-electron chi connectivity index (χ3n) is 7.65. The number of carbonyl (C=O) groups is 2. The highest BCUT2D eigenvalue weighted by molar-refractivity contribution is 6.30. The molecular weight excluding hydrogens is 550 g/mol. The first kappa shape index (κ1) is 29.5. The van der Waals surface area contributed by atoms with E-state index >= 15 is 0 Å². The molecule has 1 N–H and O–H groups in total. The molecule has 1 saturated heterocycles. The molecule has 0 radical (unpaired) electrons. The summed E-state index contributed by atoms with van der Waals surface area (Å²) in [5.41, 5.74) is 6.21. The summed E-state index contributed by atoms with van der Waals surface area (Å²) in [4.78, 5) is 35.9. The van der Waals surface area contributed by atoms with Gasteiger partial charge in [0.15, 0.2) is 0 Å². The number of benzene rings is 3. The maximum atomic E-state index is 13.7. The number of halogens is 1. The van der Waals surface area contributed by atoms with E-state index in [-0.39, 0.29) is 18.4 Å². The van der Waals surface area contributed by atoms with E-state index in [1.165, 1.54) is 5.56 Å².